The maximum atomic E-state index is 13.7. The molecule has 184 valence electrons. The summed E-state index contributed by atoms with van der Waals surface area (Å²) >= 11 is 1.22. The molecule has 0 bridgehead atoms. The van der Waals surface area contributed by atoms with Crippen molar-refractivity contribution < 1.29 is 17.6 Å². The second-order valence-electron chi connectivity index (χ2n) is 8.04. The number of sulfonamides is 1. The predicted molar refractivity (Wildman–Crippen MR) is 135 cm³/mol. The van der Waals surface area contributed by atoms with Gasteiger partial charge in [-0.1, -0.05) is 24.7 Å². The number of thiazole rings is 1. The van der Waals surface area contributed by atoms with Crippen LogP contribution in [0, 0.1) is 5.82 Å². The van der Waals surface area contributed by atoms with Gasteiger partial charge in [-0.25, -0.2) is 22.1 Å². The third-order valence-corrected chi connectivity index (χ3v) is 8.48. The number of halogens is 1. The molecule has 1 amide bonds. The first kappa shape index (κ1) is 25.0. The minimum atomic E-state index is -3.64. The molecule has 2 heterocycles. The van der Waals surface area contributed by atoms with Gasteiger partial charge in [0.15, 0.2) is 5.13 Å². The molecule has 11 heteroatoms. The van der Waals surface area contributed by atoms with Gasteiger partial charge in [0, 0.05) is 38.1 Å². The Bertz CT molecular complexity index is 1400. The zero-order valence-electron chi connectivity index (χ0n) is 19.5. The molecule has 0 unspecified atom stereocenters. The summed E-state index contributed by atoms with van der Waals surface area (Å²) in [6, 6.07) is 12.0. The van der Waals surface area contributed by atoms with Crippen molar-refractivity contribution in [3.05, 3.63) is 72.3 Å². The van der Waals surface area contributed by atoms with Crippen molar-refractivity contribution in [3.8, 4) is 0 Å². The molecular weight excluding hydrogens is 489 g/mol. The molecule has 0 spiro atoms. The maximum absolute atomic E-state index is 13.7. The topological polar surface area (TPSA) is 88.4 Å². The Hall–Kier alpha value is -3.15. The van der Waals surface area contributed by atoms with Gasteiger partial charge in [-0.15, -0.1) is 0 Å². The Morgan fingerprint density at radius 2 is 1.91 bits per heavy atom. The van der Waals surface area contributed by atoms with Crippen LogP contribution >= 0.6 is 11.3 Å². The number of carbonyl (C=O) groups excluding carboxylic acids is 1. The highest BCUT2D eigenvalue weighted by atomic mass is 32.2. The number of amides is 1. The van der Waals surface area contributed by atoms with Crippen LogP contribution < -0.4 is 4.90 Å². The van der Waals surface area contributed by atoms with Gasteiger partial charge >= 0.3 is 0 Å². The van der Waals surface area contributed by atoms with E-state index in [-0.39, 0.29) is 23.2 Å². The van der Waals surface area contributed by atoms with Gasteiger partial charge in [0.1, 0.15) is 5.82 Å². The standard InChI is InChI=1S/C24H26FN5O3S2/c1-3-4-13-28(2)35(32,33)20-9-6-18(7-10-20)23(31)30(16-15-29-14-5-12-26-29)24-27-21-11-8-19(25)17-22(21)34-24/h5-12,14,17H,3-4,13,15-16H2,1-2H3. The number of anilines is 1. The number of aromatic nitrogens is 3. The summed E-state index contributed by atoms with van der Waals surface area (Å²) in [6.45, 7) is 3.14. The highest BCUT2D eigenvalue weighted by Crippen LogP contribution is 2.30. The van der Waals surface area contributed by atoms with Gasteiger partial charge in [-0.2, -0.15) is 5.10 Å². The second-order valence-corrected chi connectivity index (χ2v) is 11.1. The van der Waals surface area contributed by atoms with Crippen molar-refractivity contribution >= 4 is 42.6 Å². The largest absolute Gasteiger partial charge is 0.282 e. The van der Waals surface area contributed by atoms with E-state index < -0.39 is 10.0 Å². The lowest BCUT2D eigenvalue weighted by Gasteiger charge is -2.20. The highest BCUT2D eigenvalue weighted by Gasteiger charge is 2.24. The summed E-state index contributed by atoms with van der Waals surface area (Å²) in [5, 5.41) is 4.61. The summed E-state index contributed by atoms with van der Waals surface area (Å²) in [4.78, 5) is 19.7. The molecule has 0 aliphatic rings. The fourth-order valence-electron chi connectivity index (χ4n) is 3.53. The Kier molecular flexibility index (Phi) is 7.58. The molecule has 0 N–H and O–H groups in total. The zero-order chi connectivity index (χ0) is 25.0. The second kappa shape index (κ2) is 10.6. The number of hydrogen-bond acceptors (Lipinski definition) is 6. The molecule has 2 aromatic carbocycles. The maximum Gasteiger partial charge on any atom is 0.260 e. The van der Waals surface area contributed by atoms with Crippen LogP contribution in [-0.4, -0.2) is 53.5 Å². The van der Waals surface area contributed by atoms with Crippen molar-refractivity contribution in [1.29, 1.82) is 0 Å². The van der Waals surface area contributed by atoms with Crippen molar-refractivity contribution in [1.82, 2.24) is 19.1 Å². The van der Waals surface area contributed by atoms with E-state index in [1.807, 2.05) is 6.92 Å². The van der Waals surface area contributed by atoms with Crippen LogP contribution in [0.5, 0.6) is 0 Å². The Labute approximate surface area is 207 Å². The van der Waals surface area contributed by atoms with Gasteiger partial charge in [0.25, 0.3) is 5.91 Å². The average molecular weight is 516 g/mol. The minimum Gasteiger partial charge on any atom is -0.282 e. The molecule has 0 aliphatic carbocycles. The number of fused-ring (bicyclic) bond motifs is 1. The first-order valence-electron chi connectivity index (χ1n) is 11.2. The lowest BCUT2D eigenvalue weighted by molar-refractivity contribution is 0.0985. The molecule has 4 aromatic rings. The van der Waals surface area contributed by atoms with Crippen LogP contribution in [0.15, 0.2) is 65.8 Å². The molecule has 8 nitrogen and oxygen atoms in total. The first-order valence-corrected chi connectivity index (χ1v) is 13.5. The van der Waals surface area contributed by atoms with E-state index in [4.69, 9.17) is 0 Å². The SMILES string of the molecule is CCCCN(C)S(=O)(=O)c1ccc(C(=O)N(CCn2cccn2)c2nc3ccc(F)cc3s2)cc1. The molecule has 0 fully saturated rings. The van der Waals surface area contributed by atoms with Gasteiger partial charge in [-0.05, 0) is 55.0 Å². The molecule has 0 saturated heterocycles. The third kappa shape index (κ3) is 5.58. The van der Waals surface area contributed by atoms with E-state index in [0.29, 0.717) is 34.0 Å². The number of hydrogen-bond donors (Lipinski definition) is 0. The van der Waals surface area contributed by atoms with Crippen molar-refractivity contribution in [2.24, 2.45) is 0 Å². The Balaban J connectivity index is 1.62. The minimum absolute atomic E-state index is 0.131. The van der Waals surface area contributed by atoms with Crippen molar-refractivity contribution in [2.45, 2.75) is 31.2 Å². The molecule has 0 saturated carbocycles. The van der Waals surface area contributed by atoms with Crippen LogP contribution in [0.3, 0.4) is 0 Å². The van der Waals surface area contributed by atoms with Crippen molar-refractivity contribution in [3.63, 3.8) is 0 Å². The van der Waals surface area contributed by atoms with E-state index in [1.165, 1.54) is 56.9 Å². The fourth-order valence-corrected chi connectivity index (χ4v) is 5.75. The van der Waals surface area contributed by atoms with E-state index in [9.17, 15) is 17.6 Å². The molecule has 4 rings (SSSR count). The van der Waals surface area contributed by atoms with Crippen molar-refractivity contribution in [2.75, 3.05) is 25.0 Å². The van der Waals surface area contributed by atoms with Gasteiger partial charge in [-0.3, -0.25) is 14.4 Å². The van der Waals surface area contributed by atoms with Crippen LogP contribution in [0.1, 0.15) is 30.1 Å². The Morgan fingerprint density at radius 3 is 2.60 bits per heavy atom. The third-order valence-electron chi connectivity index (χ3n) is 5.56. The summed E-state index contributed by atoms with van der Waals surface area (Å²) in [5.74, 6) is -0.706. The molecule has 0 radical (unpaired) electrons. The predicted octanol–water partition coefficient (Wildman–Crippen LogP) is 4.40. The van der Waals surface area contributed by atoms with Gasteiger partial charge < -0.3 is 0 Å². The smallest absolute Gasteiger partial charge is 0.260 e. The molecule has 2 aromatic heterocycles. The summed E-state index contributed by atoms with van der Waals surface area (Å²) in [7, 11) is -2.08. The van der Waals surface area contributed by atoms with E-state index >= 15 is 0 Å². The van der Waals surface area contributed by atoms with E-state index in [2.05, 4.69) is 10.1 Å². The Morgan fingerprint density at radius 1 is 1.14 bits per heavy atom. The normalized spacial score (nSPS) is 11.9. The molecule has 35 heavy (non-hydrogen) atoms. The lowest BCUT2D eigenvalue weighted by Crippen LogP contribution is -2.34. The highest BCUT2D eigenvalue weighted by molar-refractivity contribution is 7.89. The summed E-state index contributed by atoms with van der Waals surface area (Å²) < 4.78 is 43.0. The zero-order valence-corrected chi connectivity index (χ0v) is 21.1. The summed E-state index contributed by atoms with van der Waals surface area (Å²) in [5.41, 5.74) is 0.922. The number of rotatable bonds is 10. The van der Waals surface area contributed by atoms with Crippen LogP contribution in [-0.2, 0) is 16.6 Å². The number of carbonyl (C=O) groups is 1. The van der Waals surface area contributed by atoms with E-state index in [1.54, 1.807) is 36.3 Å². The van der Waals surface area contributed by atoms with Gasteiger partial charge in [0.05, 0.1) is 21.7 Å². The lowest BCUT2D eigenvalue weighted by atomic mass is 10.2. The number of unbranched alkanes of at least 4 members (excludes halogenated alkanes) is 1. The first-order chi connectivity index (χ1) is 16.8. The molecule has 0 aliphatic heterocycles. The van der Waals surface area contributed by atoms with Crippen LogP contribution in [0.2, 0.25) is 0 Å². The van der Waals surface area contributed by atoms with Crippen LogP contribution in [0.25, 0.3) is 10.2 Å². The molecule has 0 atom stereocenters. The number of benzene rings is 2. The molecular formula is C24H26FN5O3S2. The quantitative estimate of drug-likeness (QED) is 0.312. The fraction of sp³-hybridized carbons (Fsp3) is 0.292. The monoisotopic (exact) mass is 515 g/mol. The average Bonchev–Trinajstić information content (AvgIpc) is 3.52. The van der Waals surface area contributed by atoms with Gasteiger partial charge in [0.2, 0.25) is 10.0 Å². The number of nitrogens with zero attached hydrogens (tertiary/aromatic N) is 5. The van der Waals surface area contributed by atoms with E-state index in [0.717, 1.165) is 12.8 Å². The summed E-state index contributed by atoms with van der Waals surface area (Å²) in [6.07, 6.45) is 5.11. The van der Waals surface area contributed by atoms with Crippen LogP contribution in [0.4, 0.5) is 9.52 Å².